The van der Waals surface area contributed by atoms with Crippen LogP contribution >= 0.6 is 23.2 Å². The number of carbonyl (C=O) groups is 3. The van der Waals surface area contributed by atoms with E-state index in [2.05, 4.69) is 10.2 Å². The van der Waals surface area contributed by atoms with Crippen LogP contribution in [0.15, 0.2) is 42.5 Å². The van der Waals surface area contributed by atoms with Gasteiger partial charge in [0.15, 0.2) is 0 Å². The summed E-state index contributed by atoms with van der Waals surface area (Å²) in [5.74, 6) is -0.0804. The molecule has 0 unspecified atom stereocenters. The predicted molar refractivity (Wildman–Crippen MR) is 158 cm³/mol. The summed E-state index contributed by atoms with van der Waals surface area (Å²) in [5.41, 5.74) is 1.91. The van der Waals surface area contributed by atoms with Crippen molar-refractivity contribution in [2.45, 2.75) is 32.8 Å². The number of piperazine rings is 2. The van der Waals surface area contributed by atoms with Gasteiger partial charge in [0, 0.05) is 73.8 Å². The van der Waals surface area contributed by atoms with Crippen molar-refractivity contribution in [3.63, 3.8) is 0 Å². The van der Waals surface area contributed by atoms with Gasteiger partial charge in [-0.15, -0.1) is 0 Å². The standard InChI is InChI=1S/C29H37Cl2N5O4/c1-29(2,3)40-28(39)36-13-11-33(12-14-36)20-26(37)32-21-7-9-22(10-8-21)34-15-17-35(18-16-34)27(38)19-23-24(30)5-4-6-25(23)31/h4-10H,11-20H2,1-3H3,(H,32,37). The molecular formula is C29H37Cl2N5O4. The Morgan fingerprint density at radius 1 is 0.825 bits per heavy atom. The fourth-order valence-corrected chi connectivity index (χ4v) is 5.28. The topological polar surface area (TPSA) is 85.4 Å². The second kappa shape index (κ2) is 13.1. The van der Waals surface area contributed by atoms with Crippen LogP contribution in [-0.4, -0.2) is 97.1 Å². The smallest absolute Gasteiger partial charge is 0.410 e. The minimum Gasteiger partial charge on any atom is -0.444 e. The largest absolute Gasteiger partial charge is 0.444 e. The molecule has 2 aromatic rings. The number of ether oxygens (including phenoxy) is 1. The highest BCUT2D eigenvalue weighted by molar-refractivity contribution is 6.36. The van der Waals surface area contributed by atoms with E-state index in [9.17, 15) is 14.4 Å². The second-order valence-electron chi connectivity index (χ2n) is 11.1. The van der Waals surface area contributed by atoms with Crippen molar-refractivity contribution in [1.29, 1.82) is 0 Å². The average Bonchev–Trinajstić information content (AvgIpc) is 2.91. The monoisotopic (exact) mass is 589 g/mol. The molecule has 9 nitrogen and oxygen atoms in total. The summed E-state index contributed by atoms with van der Waals surface area (Å²) in [7, 11) is 0. The molecule has 216 valence electrons. The van der Waals surface area contributed by atoms with Crippen molar-refractivity contribution in [2.75, 3.05) is 69.1 Å². The van der Waals surface area contributed by atoms with E-state index < -0.39 is 5.60 Å². The first-order valence-electron chi connectivity index (χ1n) is 13.5. The van der Waals surface area contributed by atoms with Crippen LogP contribution in [0, 0.1) is 0 Å². The van der Waals surface area contributed by atoms with Gasteiger partial charge in [-0.1, -0.05) is 29.3 Å². The number of halogens is 2. The molecule has 0 aromatic heterocycles. The summed E-state index contributed by atoms with van der Waals surface area (Å²) in [6.45, 7) is 10.8. The summed E-state index contributed by atoms with van der Waals surface area (Å²) in [5, 5.41) is 3.97. The fraction of sp³-hybridized carbons (Fsp3) is 0.483. The molecule has 0 saturated carbocycles. The minimum absolute atomic E-state index is 0.0129. The lowest BCUT2D eigenvalue weighted by Gasteiger charge is -2.36. The van der Waals surface area contributed by atoms with Crippen LogP contribution in [0.25, 0.3) is 0 Å². The first-order chi connectivity index (χ1) is 19.0. The van der Waals surface area contributed by atoms with Crippen molar-refractivity contribution in [1.82, 2.24) is 14.7 Å². The number of carbonyl (C=O) groups excluding carboxylic acids is 3. The van der Waals surface area contributed by atoms with E-state index in [1.54, 1.807) is 23.1 Å². The number of hydrogen-bond donors (Lipinski definition) is 1. The SMILES string of the molecule is CC(C)(C)OC(=O)N1CCN(CC(=O)Nc2ccc(N3CCN(C(=O)Cc4c(Cl)cccc4Cl)CC3)cc2)CC1. The summed E-state index contributed by atoms with van der Waals surface area (Å²) < 4.78 is 5.43. The Hall–Kier alpha value is -3.01. The number of amides is 3. The summed E-state index contributed by atoms with van der Waals surface area (Å²) >= 11 is 12.5. The van der Waals surface area contributed by atoms with E-state index in [0.29, 0.717) is 68.0 Å². The molecule has 11 heteroatoms. The predicted octanol–water partition coefficient (Wildman–Crippen LogP) is 4.38. The maximum Gasteiger partial charge on any atom is 0.410 e. The molecule has 40 heavy (non-hydrogen) atoms. The van der Waals surface area contributed by atoms with Gasteiger partial charge >= 0.3 is 6.09 Å². The lowest BCUT2D eigenvalue weighted by molar-refractivity contribution is -0.130. The summed E-state index contributed by atoms with van der Waals surface area (Å²) in [6, 6.07) is 13.0. The molecule has 0 bridgehead atoms. The van der Waals surface area contributed by atoms with Crippen LogP contribution in [-0.2, 0) is 20.7 Å². The number of nitrogens with zero attached hydrogens (tertiary/aromatic N) is 4. The van der Waals surface area contributed by atoms with Gasteiger partial charge in [0.2, 0.25) is 11.8 Å². The maximum absolute atomic E-state index is 12.8. The lowest BCUT2D eigenvalue weighted by Crippen LogP contribution is -2.51. The first-order valence-corrected chi connectivity index (χ1v) is 14.3. The van der Waals surface area contributed by atoms with Crippen LogP contribution in [0.1, 0.15) is 26.3 Å². The Labute approximate surface area is 245 Å². The Morgan fingerprint density at radius 2 is 1.40 bits per heavy atom. The summed E-state index contributed by atoms with van der Waals surface area (Å²) in [4.78, 5) is 45.5. The Kier molecular flexibility index (Phi) is 9.81. The van der Waals surface area contributed by atoms with E-state index in [0.717, 1.165) is 11.4 Å². The van der Waals surface area contributed by atoms with Gasteiger partial charge in [-0.25, -0.2) is 4.79 Å². The maximum atomic E-state index is 12.8. The zero-order valence-electron chi connectivity index (χ0n) is 23.3. The molecule has 2 aliphatic rings. The number of rotatable bonds is 6. The first kappa shape index (κ1) is 30.0. The molecule has 2 heterocycles. The molecule has 3 amide bonds. The van der Waals surface area contributed by atoms with E-state index in [4.69, 9.17) is 27.9 Å². The van der Waals surface area contributed by atoms with E-state index in [1.165, 1.54) is 0 Å². The highest BCUT2D eigenvalue weighted by Gasteiger charge is 2.27. The van der Waals surface area contributed by atoms with Crippen LogP contribution in [0.3, 0.4) is 0 Å². The van der Waals surface area contributed by atoms with Crippen molar-refractivity contribution < 1.29 is 19.1 Å². The van der Waals surface area contributed by atoms with E-state index in [-0.39, 0.29) is 30.9 Å². The quantitative estimate of drug-likeness (QED) is 0.538. The number of nitrogens with one attached hydrogen (secondary N) is 1. The van der Waals surface area contributed by atoms with Crippen molar-refractivity contribution >= 4 is 52.5 Å². The summed E-state index contributed by atoms with van der Waals surface area (Å²) in [6.07, 6.45) is -0.126. The molecule has 2 fully saturated rings. The molecule has 0 aliphatic carbocycles. The third-order valence-electron chi connectivity index (χ3n) is 6.93. The van der Waals surface area contributed by atoms with Gasteiger partial charge in [-0.05, 0) is 62.7 Å². The van der Waals surface area contributed by atoms with E-state index >= 15 is 0 Å². The average molecular weight is 591 g/mol. The fourth-order valence-electron chi connectivity index (χ4n) is 4.75. The molecule has 2 aliphatic heterocycles. The third-order valence-corrected chi connectivity index (χ3v) is 7.64. The van der Waals surface area contributed by atoms with Gasteiger partial charge in [-0.3, -0.25) is 14.5 Å². The van der Waals surface area contributed by atoms with Crippen molar-refractivity contribution in [2.24, 2.45) is 0 Å². The molecule has 4 rings (SSSR count). The lowest BCUT2D eigenvalue weighted by atomic mass is 10.1. The van der Waals surface area contributed by atoms with Gasteiger partial charge < -0.3 is 24.8 Å². The van der Waals surface area contributed by atoms with E-state index in [1.807, 2.05) is 54.8 Å². The van der Waals surface area contributed by atoms with Gasteiger partial charge in [0.1, 0.15) is 5.60 Å². The van der Waals surface area contributed by atoms with Crippen LogP contribution in [0.2, 0.25) is 10.0 Å². The van der Waals surface area contributed by atoms with Crippen LogP contribution < -0.4 is 10.2 Å². The molecule has 0 atom stereocenters. The zero-order chi connectivity index (χ0) is 28.9. The molecule has 2 aromatic carbocycles. The highest BCUT2D eigenvalue weighted by atomic mass is 35.5. The van der Waals surface area contributed by atoms with Gasteiger partial charge in [-0.2, -0.15) is 0 Å². The molecule has 2 saturated heterocycles. The Morgan fingerprint density at radius 3 is 1.98 bits per heavy atom. The minimum atomic E-state index is -0.524. The number of anilines is 2. The Bertz CT molecular complexity index is 1180. The molecule has 1 N–H and O–H groups in total. The normalized spacial score (nSPS) is 16.6. The van der Waals surface area contributed by atoms with Crippen LogP contribution in [0.4, 0.5) is 16.2 Å². The van der Waals surface area contributed by atoms with Crippen molar-refractivity contribution in [3.05, 3.63) is 58.1 Å². The van der Waals surface area contributed by atoms with Gasteiger partial charge in [0.25, 0.3) is 0 Å². The van der Waals surface area contributed by atoms with Gasteiger partial charge in [0.05, 0.1) is 13.0 Å². The van der Waals surface area contributed by atoms with Crippen LogP contribution in [0.5, 0.6) is 0 Å². The molecule has 0 radical (unpaired) electrons. The highest BCUT2D eigenvalue weighted by Crippen LogP contribution is 2.26. The molecule has 0 spiro atoms. The number of hydrogen-bond acceptors (Lipinski definition) is 6. The number of benzene rings is 2. The zero-order valence-corrected chi connectivity index (χ0v) is 24.8. The Balaban J connectivity index is 1.19. The van der Waals surface area contributed by atoms with Crippen molar-refractivity contribution in [3.8, 4) is 0 Å². The third kappa shape index (κ3) is 8.25. The molecular weight excluding hydrogens is 553 g/mol. The second-order valence-corrected chi connectivity index (χ2v) is 11.9.